The summed E-state index contributed by atoms with van der Waals surface area (Å²) in [5.74, 6) is -0.569. The maximum absolute atomic E-state index is 11.3. The molecule has 1 N–H and O–H groups in total. The minimum Gasteiger partial charge on any atom is -0.480 e. The van der Waals surface area contributed by atoms with Gasteiger partial charge in [-0.25, -0.2) is 4.98 Å². The van der Waals surface area contributed by atoms with Gasteiger partial charge >= 0.3 is 11.7 Å². The van der Waals surface area contributed by atoms with E-state index in [-0.39, 0.29) is 18.3 Å². The lowest BCUT2D eigenvalue weighted by molar-refractivity contribution is -0.384. The van der Waals surface area contributed by atoms with Crippen LogP contribution in [0.4, 0.5) is 11.5 Å². The van der Waals surface area contributed by atoms with Crippen molar-refractivity contribution in [3.63, 3.8) is 0 Å². The van der Waals surface area contributed by atoms with Crippen LogP contribution in [-0.2, 0) is 9.53 Å². The molecule has 1 aromatic heterocycles. The zero-order valence-corrected chi connectivity index (χ0v) is 13.1. The molecule has 1 aliphatic heterocycles. The van der Waals surface area contributed by atoms with Crippen molar-refractivity contribution in [2.45, 2.75) is 13.0 Å². The second kappa shape index (κ2) is 7.34. The van der Waals surface area contributed by atoms with Gasteiger partial charge in [0.05, 0.1) is 24.2 Å². The smallest absolute Gasteiger partial charge is 0.317 e. The lowest BCUT2D eigenvalue weighted by Crippen LogP contribution is -2.48. The number of hydrogen-bond donors (Lipinski definition) is 1. The highest BCUT2D eigenvalue weighted by Crippen LogP contribution is 2.30. The topological polar surface area (TPSA) is 109 Å². The number of anilines is 1. The third-order valence-corrected chi connectivity index (χ3v) is 3.65. The summed E-state index contributed by atoms with van der Waals surface area (Å²) in [6.45, 7) is 3.39. The van der Waals surface area contributed by atoms with Gasteiger partial charge in [-0.05, 0) is 20.0 Å². The van der Waals surface area contributed by atoms with Crippen LogP contribution in [-0.4, -0.2) is 71.8 Å². The molecule has 0 aliphatic carbocycles. The minimum atomic E-state index is -0.906. The highest BCUT2D eigenvalue weighted by Gasteiger charge is 2.29. The molecule has 1 unspecified atom stereocenters. The summed E-state index contributed by atoms with van der Waals surface area (Å²) in [5, 5.41) is 20.1. The van der Waals surface area contributed by atoms with Crippen LogP contribution in [0.25, 0.3) is 0 Å². The van der Waals surface area contributed by atoms with Gasteiger partial charge in [0.25, 0.3) is 0 Å². The molecule has 1 aromatic rings. The fraction of sp³-hybridized carbons (Fsp3) is 0.571. The van der Waals surface area contributed by atoms with Crippen LogP contribution in [0.3, 0.4) is 0 Å². The van der Waals surface area contributed by atoms with Crippen LogP contribution in [0.2, 0.25) is 0 Å². The third kappa shape index (κ3) is 4.36. The van der Waals surface area contributed by atoms with E-state index in [2.05, 4.69) is 4.98 Å². The third-order valence-electron chi connectivity index (χ3n) is 3.65. The first-order valence-electron chi connectivity index (χ1n) is 7.25. The van der Waals surface area contributed by atoms with E-state index in [1.165, 1.54) is 0 Å². The van der Waals surface area contributed by atoms with E-state index in [9.17, 15) is 14.9 Å². The molecule has 0 radical (unpaired) electrons. The van der Waals surface area contributed by atoms with Gasteiger partial charge in [-0.3, -0.25) is 19.8 Å². The van der Waals surface area contributed by atoms with E-state index in [4.69, 9.17) is 9.84 Å². The van der Waals surface area contributed by atoms with Crippen molar-refractivity contribution < 1.29 is 19.6 Å². The SMILES string of the molecule is Cc1ccnc(N2CCOC(CN(C)CC(=O)O)C2)c1[N+](=O)[O-]. The van der Waals surface area contributed by atoms with Crippen LogP contribution in [0.1, 0.15) is 5.56 Å². The molecule has 0 spiro atoms. The van der Waals surface area contributed by atoms with Gasteiger partial charge in [0.2, 0.25) is 5.82 Å². The Morgan fingerprint density at radius 3 is 3.04 bits per heavy atom. The van der Waals surface area contributed by atoms with Gasteiger partial charge in [0.15, 0.2) is 0 Å². The molecular formula is C14H20N4O5. The van der Waals surface area contributed by atoms with Crippen molar-refractivity contribution in [1.82, 2.24) is 9.88 Å². The van der Waals surface area contributed by atoms with E-state index in [0.29, 0.717) is 37.6 Å². The summed E-state index contributed by atoms with van der Waals surface area (Å²) in [4.78, 5) is 29.2. The Labute approximate surface area is 133 Å². The number of rotatable bonds is 6. The van der Waals surface area contributed by atoms with E-state index in [0.717, 1.165) is 0 Å². The molecule has 2 rings (SSSR count). The van der Waals surface area contributed by atoms with Crippen molar-refractivity contribution in [3.8, 4) is 0 Å². The number of ether oxygens (including phenoxy) is 1. The molecule has 1 saturated heterocycles. The van der Waals surface area contributed by atoms with Gasteiger partial charge in [-0.2, -0.15) is 0 Å². The second-order valence-electron chi connectivity index (χ2n) is 5.59. The predicted octanol–water partition coefficient (Wildman–Crippen LogP) is 0.520. The number of likely N-dealkylation sites (N-methyl/N-ethyl adjacent to an activating group) is 1. The Bertz CT molecular complexity index is 595. The Morgan fingerprint density at radius 2 is 2.39 bits per heavy atom. The number of nitrogens with zero attached hydrogens (tertiary/aromatic N) is 4. The summed E-state index contributed by atoms with van der Waals surface area (Å²) in [5.41, 5.74) is 0.568. The first-order valence-corrected chi connectivity index (χ1v) is 7.25. The largest absolute Gasteiger partial charge is 0.480 e. The maximum atomic E-state index is 11.3. The Morgan fingerprint density at radius 1 is 1.65 bits per heavy atom. The summed E-state index contributed by atoms with van der Waals surface area (Å²) < 4.78 is 5.64. The maximum Gasteiger partial charge on any atom is 0.317 e. The number of aliphatic carboxylic acids is 1. The first-order chi connectivity index (χ1) is 10.9. The predicted molar refractivity (Wildman–Crippen MR) is 82.7 cm³/mol. The molecule has 0 bridgehead atoms. The van der Waals surface area contributed by atoms with Crippen LogP contribution < -0.4 is 4.90 Å². The summed E-state index contributed by atoms with van der Waals surface area (Å²) in [6, 6.07) is 1.61. The van der Waals surface area contributed by atoms with Gasteiger partial charge in [0.1, 0.15) is 0 Å². The fourth-order valence-electron chi connectivity index (χ4n) is 2.66. The molecule has 9 heteroatoms. The standard InChI is InChI=1S/C14H20N4O5/c1-10-3-4-15-14(13(10)18(21)22)17-5-6-23-11(8-17)7-16(2)9-12(19)20/h3-4,11H,5-9H2,1-2H3,(H,19,20). The molecule has 1 fully saturated rings. The number of aryl methyl sites for hydroxylation is 1. The van der Waals surface area contributed by atoms with Crippen LogP contribution >= 0.6 is 0 Å². The van der Waals surface area contributed by atoms with Crippen molar-refractivity contribution in [1.29, 1.82) is 0 Å². The van der Waals surface area contributed by atoms with Crippen molar-refractivity contribution >= 4 is 17.5 Å². The van der Waals surface area contributed by atoms with Gasteiger partial charge in [-0.1, -0.05) is 0 Å². The number of carbonyl (C=O) groups is 1. The number of aromatic nitrogens is 1. The van der Waals surface area contributed by atoms with E-state index >= 15 is 0 Å². The molecule has 0 saturated carbocycles. The van der Waals surface area contributed by atoms with E-state index in [1.807, 2.05) is 4.90 Å². The zero-order chi connectivity index (χ0) is 17.0. The Kier molecular flexibility index (Phi) is 5.45. The number of carboxylic acids is 1. The molecule has 23 heavy (non-hydrogen) atoms. The zero-order valence-electron chi connectivity index (χ0n) is 13.1. The molecule has 126 valence electrons. The first kappa shape index (κ1) is 17.1. The fourth-order valence-corrected chi connectivity index (χ4v) is 2.66. The number of nitro groups is 1. The quantitative estimate of drug-likeness (QED) is 0.596. The Balaban J connectivity index is 2.11. The number of hydrogen-bond acceptors (Lipinski definition) is 7. The molecule has 1 aliphatic rings. The van der Waals surface area contributed by atoms with Gasteiger partial charge in [-0.15, -0.1) is 0 Å². The lowest BCUT2D eigenvalue weighted by atomic mass is 10.2. The van der Waals surface area contributed by atoms with Crippen LogP contribution in [0.5, 0.6) is 0 Å². The van der Waals surface area contributed by atoms with E-state index < -0.39 is 10.9 Å². The number of morpholine rings is 1. The summed E-state index contributed by atoms with van der Waals surface area (Å²) in [7, 11) is 1.70. The van der Waals surface area contributed by atoms with Crippen molar-refractivity contribution in [2.75, 3.05) is 44.7 Å². The average molecular weight is 324 g/mol. The highest BCUT2D eigenvalue weighted by atomic mass is 16.6. The highest BCUT2D eigenvalue weighted by molar-refractivity contribution is 5.69. The number of carboxylic acid groups (broad SMARTS) is 1. The van der Waals surface area contributed by atoms with Crippen molar-refractivity contribution in [3.05, 3.63) is 27.9 Å². The Hall–Kier alpha value is -2.26. The van der Waals surface area contributed by atoms with Crippen LogP contribution in [0, 0.1) is 17.0 Å². The molecule has 0 amide bonds. The molecule has 1 atom stereocenters. The summed E-state index contributed by atoms with van der Waals surface area (Å²) in [6.07, 6.45) is 1.33. The monoisotopic (exact) mass is 324 g/mol. The van der Waals surface area contributed by atoms with Gasteiger partial charge < -0.3 is 14.7 Å². The summed E-state index contributed by atoms with van der Waals surface area (Å²) >= 11 is 0. The normalized spacial score (nSPS) is 18.2. The minimum absolute atomic E-state index is 0.00652. The molecule has 9 nitrogen and oxygen atoms in total. The van der Waals surface area contributed by atoms with Gasteiger partial charge in [0, 0.05) is 31.4 Å². The number of pyridine rings is 1. The van der Waals surface area contributed by atoms with Crippen molar-refractivity contribution in [2.24, 2.45) is 0 Å². The molecule has 2 heterocycles. The lowest BCUT2D eigenvalue weighted by Gasteiger charge is -2.35. The second-order valence-corrected chi connectivity index (χ2v) is 5.59. The molecular weight excluding hydrogens is 304 g/mol. The average Bonchev–Trinajstić information content (AvgIpc) is 2.45. The molecule has 0 aromatic carbocycles. The van der Waals surface area contributed by atoms with Crippen LogP contribution in [0.15, 0.2) is 12.3 Å². The van der Waals surface area contributed by atoms with E-state index in [1.54, 1.807) is 31.1 Å².